The highest BCUT2D eigenvalue weighted by Crippen LogP contribution is 2.00. The molecule has 0 aliphatic heterocycles. The minimum absolute atomic E-state index is 0.0166. The topological polar surface area (TPSA) is 78.0 Å². The molecule has 1 aromatic rings. The quantitative estimate of drug-likeness (QED) is 0.573. The summed E-state index contributed by atoms with van der Waals surface area (Å²) < 4.78 is 0. The monoisotopic (exact) mass is 183 g/mol. The minimum atomic E-state index is -0.537. The first-order valence-corrected chi connectivity index (χ1v) is 4.17. The molecule has 13 heavy (non-hydrogen) atoms. The smallest absolute Gasteiger partial charge is 0.152 e. The van der Waals surface area contributed by atoms with E-state index in [2.05, 4.69) is 9.97 Å². The Kier molecular flexibility index (Phi) is 3.60. The highest BCUT2D eigenvalue weighted by Gasteiger charge is 2.16. The van der Waals surface area contributed by atoms with Gasteiger partial charge in [0, 0.05) is 24.7 Å². The van der Waals surface area contributed by atoms with Crippen LogP contribution in [0.4, 0.5) is 0 Å². The molecule has 0 fully saturated rings. The van der Waals surface area contributed by atoms with Crippen molar-refractivity contribution in [1.29, 1.82) is 0 Å². The van der Waals surface area contributed by atoms with Gasteiger partial charge in [-0.05, 0) is 0 Å². The molecule has 0 aliphatic carbocycles. The highest BCUT2D eigenvalue weighted by atomic mass is 16.5. The van der Waals surface area contributed by atoms with Gasteiger partial charge >= 0.3 is 0 Å². The predicted octanol–water partition coefficient (Wildman–Crippen LogP) is 0.279. The normalized spacial score (nSPS) is 12.8. The number of ketones is 1. The first kappa shape index (κ1) is 9.88. The maximum absolute atomic E-state index is 11.2. The molecular formula is C8H13N3O2. The molecule has 1 aromatic heterocycles. The number of H-pyrrole nitrogens is 1. The zero-order chi connectivity index (χ0) is 9.68. The van der Waals surface area contributed by atoms with Crippen molar-refractivity contribution >= 4 is 5.78 Å². The SMILES string of the molecule is CCC(=O)[C@H](Cc1cnc[nH]1)NO. The van der Waals surface area contributed by atoms with Crippen molar-refractivity contribution in [2.45, 2.75) is 25.8 Å². The van der Waals surface area contributed by atoms with Crippen LogP contribution in [0.3, 0.4) is 0 Å². The van der Waals surface area contributed by atoms with Crippen LogP contribution in [0, 0.1) is 0 Å². The predicted molar refractivity (Wildman–Crippen MR) is 46.3 cm³/mol. The van der Waals surface area contributed by atoms with Gasteiger partial charge in [0.25, 0.3) is 0 Å². The van der Waals surface area contributed by atoms with Crippen LogP contribution in [-0.4, -0.2) is 27.0 Å². The van der Waals surface area contributed by atoms with Crippen molar-refractivity contribution in [1.82, 2.24) is 15.4 Å². The molecule has 0 bridgehead atoms. The summed E-state index contributed by atoms with van der Waals surface area (Å²) in [5.74, 6) is -0.0166. The summed E-state index contributed by atoms with van der Waals surface area (Å²) in [4.78, 5) is 17.9. The van der Waals surface area contributed by atoms with Gasteiger partial charge in [0.2, 0.25) is 0 Å². The maximum Gasteiger partial charge on any atom is 0.152 e. The van der Waals surface area contributed by atoms with Crippen molar-refractivity contribution in [2.75, 3.05) is 0 Å². The third-order valence-electron chi connectivity index (χ3n) is 1.87. The number of hydrogen-bond acceptors (Lipinski definition) is 4. The lowest BCUT2D eigenvalue weighted by molar-refractivity contribution is -0.123. The lowest BCUT2D eigenvalue weighted by Crippen LogP contribution is -2.36. The zero-order valence-corrected chi connectivity index (χ0v) is 7.45. The van der Waals surface area contributed by atoms with Gasteiger partial charge in [-0.1, -0.05) is 6.92 Å². The van der Waals surface area contributed by atoms with E-state index < -0.39 is 6.04 Å². The van der Waals surface area contributed by atoms with E-state index in [-0.39, 0.29) is 5.78 Å². The lowest BCUT2D eigenvalue weighted by Gasteiger charge is -2.10. The molecule has 0 aliphatic rings. The molecule has 3 N–H and O–H groups in total. The summed E-state index contributed by atoms with van der Waals surface area (Å²) in [6.45, 7) is 1.76. The first-order chi connectivity index (χ1) is 6.27. The lowest BCUT2D eigenvalue weighted by atomic mass is 10.1. The van der Waals surface area contributed by atoms with Gasteiger partial charge in [-0.2, -0.15) is 5.48 Å². The van der Waals surface area contributed by atoms with Gasteiger partial charge in [-0.25, -0.2) is 4.98 Å². The van der Waals surface area contributed by atoms with Crippen molar-refractivity contribution in [3.05, 3.63) is 18.2 Å². The second-order valence-electron chi connectivity index (χ2n) is 2.78. The van der Waals surface area contributed by atoms with Crippen LogP contribution >= 0.6 is 0 Å². The highest BCUT2D eigenvalue weighted by molar-refractivity contribution is 5.83. The first-order valence-electron chi connectivity index (χ1n) is 4.17. The second-order valence-corrected chi connectivity index (χ2v) is 2.78. The minimum Gasteiger partial charge on any atom is -0.348 e. The summed E-state index contributed by atoms with van der Waals surface area (Å²) in [5, 5.41) is 8.72. The Labute approximate surface area is 76.1 Å². The van der Waals surface area contributed by atoms with Crippen LogP contribution in [0.15, 0.2) is 12.5 Å². The molecule has 0 unspecified atom stereocenters. The average molecular weight is 183 g/mol. The number of hydroxylamine groups is 1. The molecule has 0 spiro atoms. The Hall–Kier alpha value is -1.20. The van der Waals surface area contributed by atoms with Gasteiger partial charge < -0.3 is 10.2 Å². The molecule has 0 saturated heterocycles. The van der Waals surface area contributed by atoms with E-state index in [0.717, 1.165) is 5.69 Å². The third kappa shape index (κ3) is 2.64. The van der Waals surface area contributed by atoms with Gasteiger partial charge in [-0.15, -0.1) is 0 Å². The summed E-state index contributed by atoms with van der Waals surface area (Å²) >= 11 is 0. The van der Waals surface area contributed by atoms with Crippen molar-refractivity contribution < 1.29 is 10.0 Å². The third-order valence-corrected chi connectivity index (χ3v) is 1.87. The number of carbonyl (C=O) groups excluding carboxylic acids is 1. The van der Waals surface area contributed by atoms with Crippen LogP contribution in [0.2, 0.25) is 0 Å². The van der Waals surface area contributed by atoms with Gasteiger partial charge in [0.15, 0.2) is 5.78 Å². The number of nitrogens with zero attached hydrogens (tertiary/aromatic N) is 1. The zero-order valence-electron chi connectivity index (χ0n) is 7.45. The Bertz CT molecular complexity index is 258. The summed E-state index contributed by atoms with van der Waals surface area (Å²) in [5.41, 5.74) is 2.82. The fraction of sp³-hybridized carbons (Fsp3) is 0.500. The summed E-state index contributed by atoms with van der Waals surface area (Å²) in [6.07, 6.45) is 4.02. The van der Waals surface area contributed by atoms with E-state index in [4.69, 9.17) is 5.21 Å². The Balaban J connectivity index is 2.54. The molecule has 0 amide bonds. The fourth-order valence-electron chi connectivity index (χ4n) is 1.09. The molecule has 5 nitrogen and oxygen atoms in total. The Morgan fingerprint density at radius 3 is 3.08 bits per heavy atom. The summed E-state index contributed by atoms with van der Waals surface area (Å²) in [7, 11) is 0. The summed E-state index contributed by atoms with van der Waals surface area (Å²) in [6, 6.07) is -0.537. The average Bonchev–Trinajstić information content (AvgIpc) is 2.65. The number of carbonyl (C=O) groups is 1. The molecule has 5 heteroatoms. The molecule has 1 rings (SSSR count). The molecule has 72 valence electrons. The molecule has 0 aromatic carbocycles. The molecule has 1 heterocycles. The van der Waals surface area contributed by atoms with Crippen LogP contribution < -0.4 is 5.48 Å². The maximum atomic E-state index is 11.2. The molecular weight excluding hydrogens is 170 g/mol. The second kappa shape index (κ2) is 4.74. The number of aromatic amines is 1. The Morgan fingerprint density at radius 1 is 1.85 bits per heavy atom. The fourth-order valence-corrected chi connectivity index (χ4v) is 1.09. The number of hydrogen-bond donors (Lipinski definition) is 3. The van der Waals surface area contributed by atoms with E-state index >= 15 is 0 Å². The van der Waals surface area contributed by atoms with Crippen molar-refractivity contribution in [3.63, 3.8) is 0 Å². The number of rotatable bonds is 5. The van der Waals surface area contributed by atoms with Crippen molar-refractivity contribution in [3.8, 4) is 0 Å². The number of Topliss-reactive ketones (excluding diaryl/α,β-unsaturated/α-hetero) is 1. The molecule has 0 radical (unpaired) electrons. The van der Waals surface area contributed by atoms with E-state index in [1.54, 1.807) is 19.4 Å². The van der Waals surface area contributed by atoms with Crippen LogP contribution in [0.25, 0.3) is 0 Å². The van der Waals surface area contributed by atoms with Gasteiger partial charge in [0.05, 0.1) is 12.4 Å². The molecule has 0 saturated carbocycles. The number of nitrogens with one attached hydrogen (secondary N) is 2. The van der Waals surface area contributed by atoms with E-state index in [9.17, 15) is 4.79 Å². The van der Waals surface area contributed by atoms with E-state index in [1.807, 2.05) is 5.48 Å². The van der Waals surface area contributed by atoms with E-state index in [1.165, 1.54) is 0 Å². The van der Waals surface area contributed by atoms with Gasteiger partial charge in [0.1, 0.15) is 0 Å². The number of aromatic nitrogens is 2. The van der Waals surface area contributed by atoms with Crippen LogP contribution in [0.1, 0.15) is 19.0 Å². The Morgan fingerprint density at radius 2 is 2.62 bits per heavy atom. The number of imidazole rings is 1. The largest absolute Gasteiger partial charge is 0.348 e. The van der Waals surface area contributed by atoms with Crippen LogP contribution in [0.5, 0.6) is 0 Å². The van der Waals surface area contributed by atoms with Gasteiger partial charge in [-0.3, -0.25) is 4.79 Å². The van der Waals surface area contributed by atoms with Crippen molar-refractivity contribution in [2.24, 2.45) is 0 Å². The molecule has 1 atom stereocenters. The standard InChI is InChI=1S/C8H13N3O2/c1-2-8(12)7(11-13)3-6-4-9-5-10-6/h4-5,7,11,13H,2-3H2,1H3,(H,9,10)/t7-/m0/s1. The van der Waals surface area contributed by atoms with Crippen LogP contribution in [-0.2, 0) is 11.2 Å². The van der Waals surface area contributed by atoms with E-state index in [0.29, 0.717) is 12.8 Å².